The molecule has 2 aromatic rings. The number of hydrogen-bond donors (Lipinski definition) is 2. The van der Waals surface area contributed by atoms with Crippen molar-refractivity contribution < 1.29 is 27.5 Å². The lowest BCUT2D eigenvalue weighted by Gasteiger charge is -2.36. The van der Waals surface area contributed by atoms with Gasteiger partial charge in [-0.3, -0.25) is 4.98 Å². The number of nitrogens with zero attached hydrogens (tertiary/aromatic N) is 1. The summed E-state index contributed by atoms with van der Waals surface area (Å²) in [7, 11) is 0. The van der Waals surface area contributed by atoms with Crippen molar-refractivity contribution in [2.45, 2.75) is 18.1 Å². The van der Waals surface area contributed by atoms with Gasteiger partial charge in [-0.2, -0.15) is 13.2 Å². The second-order valence-electron chi connectivity index (χ2n) is 5.53. The number of aliphatic carboxylic acids is 1. The smallest absolute Gasteiger partial charge is 0.416 e. The molecule has 0 amide bonds. The molecule has 0 aliphatic rings. The minimum Gasteiger partial charge on any atom is -0.550 e. The molecule has 0 spiro atoms. The highest BCUT2D eigenvalue weighted by molar-refractivity contribution is 7.80. The summed E-state index contributed by atoms with van der Waals surface area (Å²) in [5.41, 5.74) is 1.62. The molecule has 2 rings (SSSR count). The summed E-state index contributed by atoms with van der Waals surface area (Å²) in [6.07, 6.45) is -4.66. The molecule has 1 unspecified atom stereocenters. The Morgan fingerprint density at radius 1 is 1.26 bits per heavy atom. The SMILES string of the molecule is NC(=S)NC(CC(=O)[O-])(c1cc(F)cc(C(F)(F)F)c1)c1ccc(Cl)cn1. The summed E-state index contributed by atoms with van der Waals surface area (Å²) in [5.74, 6) is -2.89. The quantitative estimate of drug-likeness (QED) is 0.568. The number of halogens is 5. The van der Waals surface area contributed by atoms with Crippen LogP contribution in [-0.2, 0) is 16.5 Å². The fourth-order valence-corrected chi connectivity index (χ4v) is 2.86. The second-order valence-corrected chi connectivity index (χ2v) is 6.41. The van der Waals surface area contributed by atoms with Crippen molar-refractivity contribution in [1.82, 2.24) is 10.3 Å². The van der Waals surface area contributed by atoms with Crippen LogP contribution in [0.4, 0.5) is 17.6 Å². The van der Waals surface area contributed by atoms with Crippen molar-refractivity contribution in [3.63, 3.8) is 0 Å². The molecule has 27 heavy (non-hydrogen) atoms. The molecular weight excluding hydrogens is 410 g/mol. The molecule has 0 fully saturated rings. The van der Waals surface area contributed by atoms with Crippen LogP contribution in [0.5, 0.6) is 0 Å². The van der Waals surface area contributed by atoms with E-state index in [1.807, 2.05) is 0 Å². The van der Waals surface area contributed by atoms with Crippen LogP contribution in [0.2, 0.25) is 5.02 Å². The van der Waals surface area contributed by atoms with Gasteiger partial charge in [-0.05, 0) is 48.1 Å². The first-order valence-corrected chi connectivity index (χ1v) is 8.00. The molecule has 1 aromatic carbocycles. The molecule has 1 atom stereocenters. The zero-order valence-corrected chi connectivity index (χ0v) is 14.9. The summed E-state index contributed by atoms with van der Waals surface area (Å²) >= 11 is 10.5. The first-order valence-electron chi connectivity index (χ1n) is 7.22. The fraction of sp³-hybridized carbons (Fsp3) is 0.188. The Kier molecular flexibility index (Phi) is 5.91. The van der Waals surface area contributed by atoms with Crippen LogP contribution in [0.1, 0.15) is 23.2 Å². The van der Waals surface area contributed by atoms with Crippen molar-refractivity contribution >= 4 is 34.9 Å². The average Bonchev–Trinajstić information content (AvgIpc) is 2.52. The lowest BCUT2D eigenvalue weighted by Crippen LogP contribution is -2.52. The van der Waals surface area contributed by atoms with Gasteiger partial charge in [0.15, 0.2) is 5.11 Å². The molecule has 1 aromatic heterocycles. The van der Waals surface area contributed by atoms with E-state index in [2.05, 4.69) is 10.3 Å². The number of thiocarbonyl (C=S) groups is 1. The lowest BCUT2D eigenvalue weighted by atomic mass is 9.82. The molecule has 1 heterocycles. The van der Waals surface area contributed by atoms with E-state index in [0.29, 0.717) is 6.07 Å². The van der Waals surface area contributed by atoms with E-state index in [0.717, 1.165) is 12.3 Å². The summed E-state index contributed by atoms with van der Waals surface area (Å²) in [6, 6.07) is 4.20. The number of alkyl halides is 3. The minimum absolute atomic E-state index is 0.0948. The van der Waals surface area contributed by atoms with Crippen molar-refractivity contribution in [2.75, 3.05) is 0 Å². The molecule has 144 valence electrons. The van der Waals surface area contributed by atoms with Gasteiger partial charge < -0.3 is 21.0 Å². The van der Waals surface area contributed by atoms with E-state index >= 15 is 0 Å². The predicted octanol–water partition coefficient (Wildman–Crippen LogP) is 2.11. The fourth-order valence-electron chi connectivity index (χ4n) is 2.58. The van der Waals surface area contributed by atoms with Crippen LogP contribution in [0, 0.1) is 5.82 Å². The summed E-state index contributed by atoms with van der Waals surface area (Å²) in [4.78, 5) is 15.3. The van der Waals surface area contributed by atoms with Crippen LogP contribution >= 0.6 is 23.8 Å². The van der Waals surface area contributed by atoms with Crippen LogP contribution < -0.4 is 16.2 Å². The Bertz CT molecular complexity index is 859. The number of hydrogen-bond acceptors (Lipinski definition) is 4. The highest BCUT2D eigenvalue weighted by atomic mass is 35.5. The molecule has 5 nitrogen and oxygen atoms in total. The number of rotatable bonds is 5. The molecule has 11 heteroatoms. The van der Waals surface area contributed by atoms with E-state index < -0.39 is 46.2 Å². The van der Waals surface area contributed by atoms with E-state index in [-0.39, 0.29) is 16.8 Å². The molecule has 0 aliphatic carbocycles. The van der Waals surface area contributed by atoms with Gasteiger partial charge in [-0.25, -0.2) is 4.39 Å². The number of nitrogens with one attached hydrogen (secondary N) is 1. The molecule has 3 N–H and O–H groups in total. The number of aromatic nitrogens is 1. The maximum absolute atomic E-state index is 13.9. The van der Waals surface area contributed by atoms with Gasteiger partial charge in [0.05, 0.1) is 16.3 Å². The Labute approximate surface area is 161 Å². The largest absolute Gasteiger partial charge is 0.550 e. The number of carboxylic acid groups (broad SMARTS) is 1. The number of carbonyl (C=O) groups is 1. The van der Waals surface area contributed by atoms with Gasteiger partial charge in [0.1, 0.15) is 11.4 Å². The van der Waals surface area contributed by atoms with Crippen LogP contribution in [0.15, 0.2) is 36.5 Å². The molecule has 0 saturated carbocycles. The number of carbonyl (C=O) groups excluding carboxylic acids is 1. The van der Waals surface area contributed by atoms with Crippen LogP contribution in [-0.4, -0.2) is 16.1 Å². The maximum Gasteiger partial charge on any atom is 0.416 e. The van der Waals surface area contributed by atoms with Gasteiger partial charge in [0.25, 0.3) is 0 Å². The molecule has 0 aliphatic heterocycles. The highest BCUT2D eigenvalue weighted by Gasteiger charge is 2.40. The van der Waals surface area contributed by atoms with Crippen molar-refractivity contribution in [3.8, 4) is 0 Å². The Morgan fingerprint density at radius 3 is 2.37 bits per heavy atom. The number of benzene rings is 1. The third-order valence-corrected chi connectivity index (χ3v) is 3.95. The van der Waals surface area contributed by atoms with Crippen molar-refractivity contribution in [2.24, 2.45) is 5.73 Å². The third-order valence-electron chi connectivity index (χ3n) is 3.63. The van der Waals surface area contributed by atoms with Crippen LogP contribution in [0.25, 0.3) is 0 Å². The zero-order valence-electron chi connectivity index (χ0n) is 13.3. The topological polar surface area (TPSA) is 91.1 Å². The second kappa shape index (κ2) is 7.65. The Balaban J connectivity index is 2.82. The van der Waals surface area contributed by atoms with Gasteiger partial charge in [0, 0.05) is 18.6 Å². The normalized spacial score (nSPS) is 13.7. The monoisotopic (exact) mass is 420 g/mol. The molecule has 0 saturated heterocycles. The maximum atomic E-state index is 13.9. The molecule has 0 bridgehead atoms. The summed E-state index contributed by atoms with van der Waals surface area (Å²) in [6.45, 7) is 0. The highest BCUT2D eigenvalue weighted by Crippen LogP contribution is 2.37. The summed E-state index contributed by atoms with van der Waals surface area (Å²) < 4.78 is 53.3. The lowest BCUT2D eigenvalue weighted by molar-refractivity contribution is -0.307. The minimum atomic E-state index is -4.87. The van der Waals surface area contributed by atoms with E-state index in [1.54, 1.807) is 0 Å². The zero-order chi connectivity index (χ0) is 20.4. The van der Waals surface area contributed by atoms with Gasteiger partial charge in [-0.15, -0.1) is 0 Å². The first kappa shape index (κ1) is 20.8. The first-order chi connectivity index (χ1) is 12.4. The Morgan fingerprint density at radius 2 is 1.89 bits per heavy atom. The van der Waals surface area contributed by atoms with E-state index in [1.165, 1.54) is 12.1 Å². The number of pyridine rings is 1. The average molecular weight is 421 g/mol. The Hall–Kier alpha value is -2.46. The number of nitrogens with two attached hydrogens (primary N) is 1. The third kappa shape index (κ3) is 4.83. The standard InChI is InChI=1S/C16H12ClF4N3O2S/c17-10-1-2-12(23-7-10)15(6-13(25)26,24-14(22)27)8-3-9(16(19,20)21)5-11(18)4-8/h1-5,7H,6H2,(H,25,26)(H3,22,24,27)/p-1. The predicted molar refractivity (Wildman–Crippen MR) is 91.0 cm³/mol. The molecule has 0 radical (unpaired) electrons. The van der Waals surface area contributed by atoms with Gasteiger partial charge >= 0.3 is 6.18 Å². The van der Waals surface area contributed by atoms with Gasteiger partial charge in [0.2, 0.25) is 0 Å². The van der Waals surface area contributed by atoms with Crippen LogP contribution in [0.3, 0.4) is 0 Å². The number of carboxylic acids is 1. The van der Waals surface area contributed by atoms with Crippen molar-refractivity contribution in [1.29, 1.82) is 0 Å². The summed E-state index contributed by atoms with van der Waals surface area (Å²) in [5, 5.41) is 13.6. The molecular formula is C16H11ClF4N3O2S-. The van der Waals surface area contributed by atoms with E-state index in [9.17, 15) is 27.5 Å². The van der Waals surface area contributed by atoms with Crippen molar-refractivity contribution in [3.05, 3.63) is 64.2 Å². The van der Waals surface area contributed by atoms with Gasteiger partial charge in [-0.1, -0.05) is 11.6 Å². The van der Waals surface area contributed by atoms with E-state index in [4.69, 9.17) is 29.6 Å².